The largest absolute Gasteiger partial charge is 4.00 e. The third-order valence-electron chi connectivity index (χ3n) is 8.21. The van der Waals surface area contributed by atoms with Crippen molar-refractivity contribution in [1.82, 2.24) is 0 Å². The van der Waals surface area contributed by atoms with Gasteiger partial charge in [0, 0.05) is 0 Å². The van der Waals surface area contributed by atoms with Gasteiger partial charge in [-0.25, -0.2) is 0 Å². The third kappa shape index (κ3) is 10.3. The molecule has 0 N–H and O–H groups in total. The van der Waals surface area contributed by atoms with E-state index in [0.717, 1.165) is 19.3 Å². The molecule has 3 heteroatoms. The number of halogens is 2. The summed E-state index contributed by atoms with van der Waals surface area (Å²) in [6.45, 7) is 20.1. The molecule has 0 amide bonds. The smallest absolute Gasteiger partial charge is 0.372 e. The second kappa shape index (κ2) is 20.0. The Labute approximate surface area is 310 Å². The van der Waals surface area contributed by atoms with Crippen LogP contribution < -0.4 is 0 Å². The Balaban J connectivity index is 0.000000400. The topological polar surface area (TPSA) is 0 Å². The summed E-state index contributed by atoms with van der Waals surface area (Å²) in [5.74, 6) is 1.18. The van der Waals surface area contributed by atoms with Gasteiger partial charge in [0.1, 0.15) is 0 Å². The van der Waals surface area contributed by atoms with Crippen LogP contribution >= 0.6 is 24.8 Å². The molecular formula is C43H50Cl2Hf. The summed E-state index contributed by atoms with van der Waals surface area (Å²) in [6, 6.07) is 40.5. The average Bonchev–Trinajstić information content (AvgIpc) is 3.66. The first-order valence-corrected chi connectivity index (χ1v) is 15.9. The van der Waals surface area contributed by atoms with Crippen molar-refractivity contribution in [2.24, 2.45) is 0 Å². The standard InChI is InChI=1S/2C20H21.C3H6.2ClH.Hf/c2*1-4-15-12-18-6-5-7-19(20(18)13-15)17-10-8-16(9-11-17)14(2)3;1-3-2;;;/h2*5-14H,4H2,1-3H3;1-3H2;2*1H;/q2*-1;-2;;;+4. The molecule has 0 fully saturated rings. The minimum absolute atomic E-state index is 0. The van der Waals surface area contributed by atoms with Crippen molar-refractivity contribution in [2.75, 3.05) is 0 Å². The summed E-state index contributed by atoms with van der Waals surface area (Å²) in [5.41, 5.74) is 11.0. The van der Waals surface area contributed by atoms with Crippen molar-refractivity contribution in [3.8, 4) is 22.3 Å². The Morgan fingerprint density at radius 3 is 1.15 bits per heavy atom. The molecule has 6 aromatic rings. The van der Waals surface area contributed by atoms with Gasteiger partial charge in [0.2, 0.25) is 0 Å². The average molecular weight is 816 g/mol. The molecule has 0 aliphatic carbocycles. The van der Waals surface area contributed by atoms with Gasteiger partial charge in [0.05, 0.1) is 0 Å². The Kier molecular flexibility index (Phi) is 18.1. The van der Waals surface area contributed by atoms with Crippen LogP contribution in [0.4, 0.5) is 0 Å². The minimum atomic E-state index is 0. The van der Waals surface area contributed by atoms with Gasteiger partial charge >= 0.3 is 25.8 Å². The van der Waals surface area contributed by atoms with E-state index in [-0.39, 0.29) is 50.7 Å². The van der Waals surface area contributed by atoms with Crippen LogP contribution in [0.15, 0.2) is 109 Å². The van der Waals surface area contributed by atoms with Crippen molar-refractivity contribution in [3.05, 3.63) is 145 Å². The van der Waals surface area contributed by atoms with Crippen LogP contribution in [-0.2, 0) is 38.7 Å². The molecule has 0 spiro atoms. The number of aryl methyl sites for hydroxylation is 2. The molecule has 6 aromatic carbocycles. The van der Waals surface area contributed by atoms with E-state index < -0.39 is 0 Å². The zero-order chi connectivity index (χ0) is 30.9. The molecule has 0 aliphatic heterocycles. The van der Waals surface area contributed by atoms with Crippen LogP contribution in [0.3, 0.4) is 0 Å². The fraction of sp³-hybridized carbons (Fsp3) is 0.256. The number of hydrogen-bond acceptors (Lipinski definition) is 0. The monoisotopic (exact) mass is 816 g/mol. The predicted octanol–water partition coefficient (Wildman–Crippen LogP) is 13.7. The summed E-state index contributed by atoms with van der Waals surface area (Å²) in [7, 11) is 0. The Morgan fingerprint density at radius 2 is 0.870 bits per heavy atom. The van der Waals surface area contributed by atoms with Gasteiger partial charge in [-0.1, -0.05) is 113 Å². The third-order valence-corrected chi connectivity index (χ3v) is 8.21. The summed E-state index contributed by atoms with van der Waals surface area (Å²) in [6.07, 6.45) is 2.95. The first-order chi connectivity index (χ1) is 20.8. The fourth-order valence-corrected chi connectivity index (χ4v) is 5.60. The quantitative estimate of drug-likeness (QED) is 0.116. The summed E-state index contributed by atoms with van der Waals surface area (Å²) >= 11 is 0. The summed E-state index contributed by atoms with van der Waals surface area (Å²) < 4.78 is 0. The maximum absolute atomic E-state index is 3.38. The van der Waals surface area contributed by atoms with Gasteiger partial charge in [0.15, 0.2) is 0 Å². The van der Waals surface area contributed by atoms with E-state index in [1.165, 1.54) is 66.1 Å². The van der Waals surface area contributed by atoms with Crippen molar-refractivity contribution in [1.29, 1.82) is 0 Å². The van der Waals surface area contributed by atoms with Crippen LogP contribution in [0.5, 0.6) is 0 Å². The molecule has 0 bridgehead atoms. The van der Waals surface area contributed by atoms with Crippen LogP contribution in [0.1, 0.15) is 82.1 Å². The van der Waals surface area contributed by atoms with Gasteiger partial charge in [-0.3, -0.25) is 0 Å². The summed E-state index contributed by atoms with van der Waals surface area (Å²) in [4.78, 5) is 0. The van der Waals surface area contributed by atoms with Gasteiger partial charge in [-0.05, 0) is 46.9 Å². The van der Waals surface area contributed by atoms with Crippen LogP contribution in [-0.4, -0.2) is 0 Å². The van der Waals surface area contributed by atoms with E-state index in [9.17, 15) is 0 Å². The SMILES string of the molecule is CCc1cc2c(-c3ccc(C(C)C)cc3)cccc2[cH-]1.CCc1cc2c(-c3ccc(C(C)C)cc3)cccc2[cH-]1.Cl.Cl.[CH2-]C[CH2-].[Hf+4]. The summed E-state index contributed by atoms with van der Waals surface area (Å²) in [5, 5.41) is 5.46. The van der Waals surface area contributed by atoms with Crippen LogP contribution in [0.25, 0.3) is 43.8 Å². The van der Waals surface area contributed by atoms with E-state index >= 15 is 0 Å². The number of benzene rings is 4. The second-order valence-electron chi connectivity index (χ2n) is 12.0. The van der Waals surface area contributed by atoms with Crippen molar-refractivity contribution in [2.45, 2.75) is 72.6 Å². The van der Waals surface area contributed by atoms with Crippen molar-refractivity contribution < 1.29 is 25.8 Å². The van der Waals surface area contributed by atoms with E-state index in [0.29, 0.717) is 11.8 Å². The van der Waals surface area contributed by atoms with Gasteiger partial charge in [0.25, 0.3) is 0 Å². The Hall–Kier alpha value is -2.45. The Morgan fingerprint density at radius 1 is 0.543 bits per heavy atom. The molecule has 46 heavy (non-hydrogen) atoms. The van der Waals surface area contributed by atoms with E-state index in [1.807, 2.05) is 0 Å². The van der Waals surface area contributed by atoms with Gasteiger partial charge in [-0.15, -0.1) is 93.9 Å². The predicted molar refractivity (Wildman–Crippen MR) is 207 cm³/mol. The molecule has 6 rings (SSSR count). The Bertz CT molecular complexity index is 1590. The van der Waals surface area contributed by atoms with E-state index in [1.54, 1.807) is 0 Å². The molecule has 0 saturated heterocycles. The zero-order valence-corrected chi connectivity index (χ0v) is 33.6. The maximum Gasteiger partial charge on any atom is 4.00 e. The number of hydrogen-bond donors (Lipinski definition) is 0. The molecule has 0 radical (unpaired) electrons. The first kappa shape index (κ1) is 41.6. The fourth-order valence-electron chi connectivity index (χ4n) is 5.60. The maximum atomic E-state index is 3.38. The molecule has 0 atom stereocenters. The number of fused-ring (bicyclic) bond motifs is 2. The molecule has 0 unspecified atom stereocenters. The second-order valence-corrected chi connectivity index (χ2v) is 12.0. The molecular weight excluding hydrogens is 766 g/mol. The minimum Gasteiger partial charge on any atom is -0.372 e. The zero-order valence-electron chi connectivity index (χ0n) is 28.4. The molecule has 0 heterocycles. The molecule has 0 nitrogen and oxygen atoms in total. The van der Waals surface area contributed by atoms with Crippen LogP contribution in [0.2, 0.25) is 0 Å². The normalized spacial score (nSPS) is 10.3. The van der Waals surface area contributed by atoms with Crippen molar-refractivity contribution in [3.63, 3.8) is 0 Å². The molecule has 0 saturated carbocycles. The van der Waals surface area contributed by atoms with Crippen molar-refractivity contribution >= 4 is 46.4 Å². The van der Waals surface area contributed by atoms with Gasteiger partial charge < -0.3 is 20.3 Å². The van der Waals surface area contributed by atoms with Crippen LogP contribution in [0, 0.1) is 13.8 Å². The van der Waals surface area contributed by atoms with Gasteiger partial charge in [-0.2, -0.15) is 12.1 Å². The number of rotatable bonds is 6. The molecule has 0 aromatic heterocycles. The first-order valence-electron chi connectivity index (χ1n) is 15.9. The van der Waals surface area contributed by atoms with E-state index in [2.05, 4.69) is 165 Å². The van der Waals surface area contributed by atoms with E-state index in [4.69, 9.17) is 0 Å². The molecule has 240 valence electrons. The molecule has 0 aliphatic rings.